The Labute approximate surface area is 474 Å². The van der Waals surface area contributed by atoms with Gasteiger partial charge in [-0.1, -0.05) is 224 Å². The van der Waals surface area contributed by atoms with Gasteiger partial charge in [-0.25, -0.2) is 0 Å². The molecule has 0 amide bonds. The van der Waals surface area contributed by atoms with Crippen LogP contribution in [0, 0.1) is 0 Å². The Morgan fingerprint density at radius 1 is 0.423 bits per heavy atom. The largest absolute Gasteiger partial charge is 0.457 e. The van der Waals surface area contributed by atoms with Crippen molar-refractivity contribution in [3.8, 4) is 0 Å². The van der Waals surface area contributed by atoms with Gasteiger partial charge in [0.1, 0.15) is 54.9 Å². The Bertz CT molecular complexity index is 1430. The lowest BCUT2D eigenvalue weighted by molar-refractivity contribution is -0.332. The van der Waals surface area contributed by atoms with Gasteiger partial charge in [-0.3, -0.25) is 4.79 Å². The van der Waals surface area contributed by atoms with E-state index in [-0.39, 0.29) is 25.6 Å². The molecule has 14 nitrogen and oxygen atoms in total. The Kier molecular flexibility index (Phi) is 47.2. The summed E-state index contributed by atoms with van der Waals surface area (Å²) in [6.07, 6.45) is 44.9. The van der Waals surface area contributed by atoms with Gasteiger partial charge in [-0.05, 0) is 70.6 Å². The van der Waals surface area contributed by atoms with Crippen LogP contribution in [0.25, 0.3) is 0 Å². The molecule has 458 valence electrons. The van der Waals surface area contributed by atoms with Crippen LogP contribution in [0.4, 0.5) is 0 Å². The summed E-state index contributed by atoms with van der Waals surface area (Å²) in [5.74, 6) is -0.377. The fourth-order valence-electron chi connectivity index (χ4n) is 10.2. The van der Waals surface area contributed by atoms with Gasteiger partial charge in [-0.15, -0.1) is 0 Å². The van der Waals surface area contributed by atoms with Crippen molar-refractivity contribution in [2.75, 3.05) is 33.0 Å². The van der Waals surface area contributed by atoms with E-state index in [0.717, 1.165) is 51.4 Å². The topological polar surface area (TPSA) is 214 Å². The number of hydrogen-bond acceptors (Lipinski definition) is 14. The summed E-state index contributed by atoms with van der Waals surface area (Å²) in [6.45, 7) is 3.72. The Morgan fingerprint density at radius 3 is 1.24 bits per heavy atom. The highest BCUT2D eigenvalue weighted by Crippen LogP contribution is 2.27. The molecule has 11 unspecified atom stereocenters. The predicted octanol–water partition coefficient (Wildman–Crippen LogP) is 12.5. The van der Waals surface area contributed by atoms with E-state index in [0.29, 0.717) is 13.0 Å². The molecule has 0 aromatic carbocycles. The van der Waals surface area contributed by atoms with Crippen molar-refractivity contribution in [1.82, 2.24) is 0 Å². The van der Waals surface area contributed by atoms with E-state index in [2.05, 4.69) is 50.3 Å². The lowest BCUT2D eigenvalue weighted by atomic mass is 9.98. The van der Waals surface area contributed by atoms with E-state index < -0.39 is 80.7 Å². The fourth-order valence-corrected chi connectivity index (χ4v) is 10.2. The summed E-state index contributed by atoms with van der Waals surface area (Å²) in [5, 5.41) is 72.5. The van der Waals surface area contributed by atoms with E-state index in [1.807, 2.05) is 0 Å². The summed E-state index contributed by atoms with van der Waals surface area (Å²) in [5.41, 5.74) is 0. The quantitative estimate of drug-likeness (QED) is 0.0172. The van der Waals surface area contributed by atoms with Crippen molar-refractivity contribution in [2.24, 2.45) is 0 Å². The van der Waals surface area contributed by atoms with E-state index in [1.54, 1.807) is 0 Å². The van der Waals surface area contributed by atoms with Crippen molar-refractivity contribution in [3.63, 3.8) is 0 Å². The van der Waals surface area contributed by atoms with Crippen LogP contribution in [0.5, 0.6) is 0 Å². The molecule has 7 N–H and O–H groups in total. The van der Waals surface area contributed by atoms with E-state index in [4.69, 9.17) is 28.4 Å². The highest BCUT2D eigenvalue weighted by molar-refractivity contribution is 5.69. The van der Waals surface area contributed by atoms with Crippen molar-refractivity contribution in [1.29, 1.82) is 0 Å². The first-order chi connectivity index (χ1) is 38.1. The van der Waals surface area contributed by atoms with Gasteiger partial charge in [0.15, 0.2) is 12.6 Å². The van der Waals surface area contributed by atoms with Crippen molar-refractivity contribution in [3.05, 3.63) is 36.5 Å². The average Bonchev–Trinajstić information content (AvgIpc) is 3.45. The molecule has 0 radical (unpaired) electrons. The molecule has 0 saturated carbocycles. The zero-order valence-electron chi connectivity index (χ0n) is 49.4. The first kappa shape index (κ1) is 72.3. The Balaban J connectivity index is 1.66. The molecule has 0 aliphatic carbocycles. The molecular weight excluding hydrogens is 993 g/mol. The number of rotatable bonds is 53. The number of allylic oxidation sites excluding steroid dienone is 6. The molecule has 2 aliphatic heterocycles. The number of unbranched alkanes of at least 4 members (excludes halogenated alkanes) is 33. The normalized spacial score (nSPS) is 24.3. The molecule has 78 heavy (non-hydrogen) atoms. The predicted molar refractivity (Wildman–Crippen MR) is 312 cm³/mol. The number of hydrogen-bond donors (Lipinski definition) is 7. The summed E-state index contributed by atoms with van der Waals surface area (Å²) >= 11 is 0. The molecule has 0 spiro atoms. The molecule has 0 aromatic heterocycles. The molecule has 2 saturated heterocycles. The molecule has 2 heterocycles. The summed E-state index contributed by atoms with van der Waals surface area (Å²) in [4.78, 5) is 13.1. The maximum atomic E-state index is 13.1. The van der Waals surface area contributed by atoms with Crippen LogP contribution >= 0.6 is 0 Å². The van der Waals surface area contributed by atoms with Crippen LogP contribution in [0.2, 0.25) is 0 Å². The second kappa shape index (κ2) is 50.9. The number of aliphatic hydroxyl groups excluding tert-OH is 7. The number of carbonyl (C=O) groups excluding carboxylic acids is 1. The van der Waals surface area contributed by atoms with Crippen LogP contribution in [0.15, 0.2) is 36.5 Å². The summed E-state index contributed by atoms with van der Waals surface area (Å²) in [6, 6.07) is 0. The maximum Gasteiger partial charge on any atom is 0.306 e. The maximum absolute atomic E-state index is 13.1. The van der Waals surface area contributed by atoms with Crippen molar-refractivity contribution < 1.29 is 69.0 Å². The lowest BCUT2D eigenvalue weighted by Crippen LogP contribution is -2.61. The second-order valence-corrected chi connectivity index (χ2v) is 22.6. The summed E-state index contributed by atoms with van der Waals surface area (Å²) in [7, 11) is 0. The zero-order chi connectivity index (χ0) is 56.5. The first-order valence-electron chi connectivity index (χ1n) is 32.1. The fraction of sp³-hybridized carbons (Fsp3) is 0.891. The smallest absolute Gasteiger partial charge is 0.306 e. The highest BCUT2D eigenvalue weighted by Gasteiger charge is 2.47. The molecule has 0 aromatic rings. The minimum atomic E-state index is -1.71. The third-order valence-electron chi connectivity index (χ3n) is 15.4. The molecule has 2 fully saturated rings. The van der Waals surface area contributed by atoms with Gasteiger partial charge in [0.2, 0.25) is 0 Å². The van der Waals surface area contributed by atoms with Crippen LogP contribution in [-0.4, -0.2) is 142 Å². The number of carbonyl (C=O) groups is 1. The van der Waals surface area contributed by atoms with E-state index in [1.165, 1.54) is 186 Å². The van der Waals surface area contributed by atoms with Crippen LogP contribution in [0.3, 0.4) is 0 Å². The first-order valence-corrected chi connectivity index (χ1v) is 32.1. The van der Waals surface area contributed by atoms with Crippen LogP contribution in [0.1, 0.15) is 264 Å². The summed E-state index contributed by atoms with van der Waals surface area (Å²) < 4.78 is 34.5. The van der Waals surface area contributed by atoms with Gasteiger partial charge >= 0.3 is 5.97 Å². The number of aliphatic hydroxyl groups is 7. The lowest BCUT2D eigenvalue weighted by Gasteiger charge is -2.42. The van der Waals surface area contributed by atoms with E-state index in [9.17, 15) is 40.5 Å². The van der Waals surface area contributed by atoms with Crippen molar-refractivity contribution >= 4 is 5.97 Å². The minimum absolute atomic E-state index is 0.0620. The molecule has 0 bridgehead atoms. The second-order valence-electron chi connectivity index (χ2n) is 22.6. The van der Waals surface area contributed by atoms with E-state index >= 15 is 0 Å². The zero-order valence-corrected chi connectivity index (χ0v) is 49.4. The van der Waals surface area contributed by atoms with Crippen molar-refractivity contribution in [2.45, 2.75) is 332 Å². The van der Waals surface area contributed by atoms with Gasteiger partial charge in [0.05, 0.1) is 26.4 Å². The van der Waals surface area contributed by atoms with Gasteiger partial charge in [0.25, 0.3) is 0 Å². The third-order valence-corrected chi connectivity index (χ3v) is 15.4. The van der Waals surface area contributed by atoms with Crippen LogP contribution < -0.4 is 0 Å². The Morgan fingerprint density at radius 2 is 0.795 bits per heavy atom. The average molecular weight is 1110 g/mol. The number of esters is 1. The Hall–Kier alpha value is -1.79. The highest BCUT2D eigenvalue weighted by atomic mass is 16.7. The minimum Gasteiger partial charge on any atom is -0.457 e. The van der Waals surface area contributed by atoms with Gasteiger partial charge in [0, 0.05) is 13.0 Å². The van der Waals surface area contributed by atoms with Crippen LogP contribution in [-0.2, 0) is 33.2 Å². The molecule has 14 heteroatoms. The standard InChI is InChI=1S/C64H118O14/c1-3-5-7-9-11-13-15-17-19-21-23-24-25-26-27-28-29-30-32-34-36-38-40-42-44-46-48-73-50-53(76-56(66)47-45-43-41-39-37-35-33-31-22-20-18-16-14-12-10-8-6-4-2)51-74-63-62(72)60(70)58(68)55(78-63)52-75-64-61(71)59(69)57(67)54(49-65)77-64/h15,17,20-23,53-55,57-65,67-72H,3-14,16,18-19,24-52H2,1-2H3/b17-15-,22-20-,23-21-. The van der Waals surface area contributed by atoms with Gasteiger partial charge < -0.3 is 64.2 Å². The number of ether oxygens (including phenoxy) is 6. The van der Waals surface area contributed by atoms with Gasteiger partial charge in [-0.2, -0.15) is 0 Å². The SMILES string of the molecule is CCCCCCC/C=C\C/C=C\CCCCCCCCCCCCCCCCOCC(COC1OC(COC2OC(CO)C(O)C(O)C2O)C(O)C(O)C1O)OC(=O)CCCCCCCCC/C=C\CCCCCCCCC. The third kappa shape index (κ3) is 36.6. The molecule has 11 atom stereocenters. The monoisotopic (exact) mass is 1110 g/mol. The molecule has 2 aliphatic rings. The molecule has 2 rings (SSSR count). The molecular formula is C64H118O14.